The van der Waals surface area contributed by atoms with Crippen molar-refractivity contribution in [2.45, 2.75) is 44.7 Å². The fourth-order valence-electron chi connectivity index (χ4n) is 4.15. The van der Waals surface area contributed by atoms with Gasteiger partial charge >= 0.3 is 0 Å². The SMILES string of the molecule is CC(NC(=O)C1CCN(C2CCOCC2)CC1)c1nc2ccccc2[nH]1. The van der Waals surface area contributed by atoms with Crippen molar-refractivity contribution in [3.8, 4) is 0 Å². The van der Waals surface area contributed by atoms with Crippen molar-refractivity contribution >= 4 is 16.9 Å². The molecule has 2 N–H and O–H groups in total. The summed E-state index contributed by atoms with van der Waals surface area (Å²) in [7, 11) is 0. The van der Waals surface area contributed by atoms with Gasteiger partial charge in [0.2, 0.25) is 5.91 Å². The van der Waals surface area contributed by atoms with Crippen LogP contribution in [0.1, 0.15) is 44.5 Å². The van der Waals surface area contributed by atoms with Gasteiger partial charge in [0.25, 0.3) is 0 Å². The lowest BCUT2D eigenvalue weighted by atomic mass is 9.93. The first kappa shape index (κ1) is 17.5. The summed E-state index contributed by atoms with van der Waals surface area (Å²) in [4.78, 5) is 23.1. The highest BCUT2D eigenvalue weighted by Crippen LogP contribution is 2.24. The molecule has 4 rings (SSSR count). The minimum absolute atomic E-state index is 0.108. The van der Waals surface area contributed by atoms with Gasteiger partial charge in [-0.05, 0) is 57.8 Å². The van der Waals surface area contributed by atoms with Crippen LogP contribution in [0.15, 0.2) is 24.3 Å². The number of aromatic nitrogens is 2. The van der Waals surface area contributed by atoms with Crippen LogP contribution in [0.3, 0.4) is 0 Å². The van der Waals surface area contributed by atoms with Crippen LogP contribution in [0.4, 0.5) is 0 Å². The predicted molar refractivity (Wildman–Crippen MR) is 101 cm³/mol. The van der Waals surface area contributed by atoms with Crippen LogP contribution in [0, 0.1) is 5.92 Å². The molecule has 0 radical (unpaired) electrons. The monoisotopic (exact) mass is 356 g/mol. The van der Waals surface area contributed by atoms with E-state index in [0.29, 0.717) is 6.04 Å². The maximum atomic E-state index is 12.7. The normalized spacial score (nSPS) is 21.7. The largest absolute Gasteiger partial charge is 0.381 e. The Labute approximate surface area is 154 Å². The molecular weight excluding hydrogens is 328 g/mol. The number of carbonyl (C=O) groups is 1. The van der Waals surface area contributed by atoms with E-state index in [1.807, 2.05) is 31.2 Å². The lowest BCUT2D eigenvalue weighted by Gasteiger charge is -2.38. The average Bonchev–Trinajstić information content (AvgIpc) is 3.13. The smallest absolute Gasteiger partial charge is 0.223 e. The number of aromatic amines is 1. The van der Waals surface area contributed by atoms with Crippen LogP contribution in [0.5, 0.6) is 0 Å². The standard InChI is InChI=1S/C20H28N4O2/c1-14(19-22-17-4-2-3-5-18(17)23-19)21-20(25)15-6-10-24(11-7-15)16-8-12-26-13-9-16/h2-5,14-16H,6-13H2,1H3,(H,21,25)(H,22,23). The van der Waals surface area contributed by atoms with Gasteiger partial charge in [-0.2, -0.15) is 0 Å². The number of H-pyrrole nitrogens is 1. The Bertz CT molecular complexity index is 712. The number of rotatable bonds is 4. The van der Waals surface area contributed by atoms with Crippen molar-refractivity contribution in [3.05, 3.63) is 30.1 Å². The molecule has 6 heteroatoms. The molecule has 0 aliphatic carbocycles. The first-order chi connectivity index (χ1) is 12.7. The number of ether oxygens (including phenoxy) is 1. The van der Waals surface area contributed by atoms with E-state index < -0.39 is 0 Å². The minimum Gasteiger partial charge on any atom is -0.381 e. The third kappa shape index (κ3) is 3.76. The van der Waals surface area contributed by atoms with Gasteiger partial charge in [-0.25, -0.2) is 4.98 Å². The van der Waals surface area contributed by atoms with E-state index in [2.05, 4.69) is 20.2 Å². The number of hydrogen-bond donors (Lipinski definition) is 2. The Kier molecular flexibility index (Phi) is 5.22. The molecule has 140 valence electrons. The van der Waals surface area contributed by atoms with E-state index >= 15 is 0 Å². The van der Waals surface area contributed by atoms with E-state index in [-0.39, 0.29) is 17.9 Å². The summed E-state index contributed by atoms with van der Waals surface area (Å²) in [5.41, 5.74) is 1.95. The highest BCUT2D eigenvalue weighted by molar-refractivity contribution is 5.79. The van der Waals surface area contributed by atoms with Crippen LogP contribution < -0.4 is 5.32 Å². The van der Waals surface area contributed by atoms with Crippen LogP contribution in [0.25, 0.3) is 11.0 Å². The van der Waals surface area contributed by atoms with E-state index in [4.69, 9.17) is 4.74 Å². The van der Waals surface area contributed by atoms with Gasteiger partial charge < -0.3 is 19.9 Å². The molecule has 1 aromatic heterocycles. The molecule has 3 heterocycles. The zero-order valence-corrected chi connectivity index (χ0v) is 15.4. The molecule has 6 nitrogen and oxygen atoms in total. The molecular formula is C20H28N4O2. The molecule has 1 amide bonds. The van der Waals surface area contributed by atoms with Crippen LogP contribution in [-0.2, 0) is 9.53 Å². The van der Waals surface area contributed by atoms with E-state index in [1.54, 1.807) is 0 Å². The molecule has 2 aliphatic rings. The Morgan fingerprint density at radius 3 is 2.69 bits per heavy atom. The quantitative estimate of drug-likeness (QED) is 0.883. The Balaban J connectivity index is 1.30. The number of amides is 1. The first-order valence-electron chi connectivity index (χ1n) is 9.77. The highest BCUT2D eigenvalue weighted by Gasteiger charge is 2.30. The molecule has 2 saturated heterocycles. The maximum Gasteiger partial charge on any atom is 0.223 e. The Morgan fingerprint density at radius 1 is 1.23 bits per heavy atom. The summed E-state index contributed by atoms with van der Waals surface area (Å²) in [5.74, 6) is 1.08. The second-order valence-corrected chi connectivity index (χ2v) is 7.52. The number of hydrogen-bond acceptors (Lipinski definition) is 4. The topological polar surface area (TPSA) is 70.2 Å². The van der Waals surface area contributed by atoms with Crippen molar-refractivity contribution < 1.29 is 9.53 Å². The summed E-state index contributed by atoms with van der Waals surface area (Å²) in [5, 5.41) is 3.15. The first-order valence-corrected chi connectivity index (χ1v) is 9.77. The number of benzene rings is 1. The summed E-state index contributed by atoms with van der Waals surface area (Å²) in [6.45, 7) is 5.77. The van der Waals surface area contributed by atoms with Crippen molar-refractivity contribution in [3.63, 3.8) is 0 Å². The fourth-order valence-corrected chi connectivity index (χ4v) is 4.15. The Morgan fingerprint density at radius 2 is 1.96 bits per heavy atom. The zero-order chi connectivity index (χ0) is 17.9. The minimum atomic E-state index is -0.108. The number of imidazole rings is 1. The number of likely N-dealkylation sites (tertiary alicyclic amines) is 1. The highest BCUT2D eigenvalue weighted by atomic mass is 16.5. The van der Waals surface area contributed by atoms with Gasteiger partial charge in [-0.3, -0.25) is 4.79 Å². The lowest BCUT2D eigenvalue weighted by molar-refractivity contribution is -0.127. The van der Waals surface area contributed by atoms with E-state index in [1.165, 1.54) is 0 Å². The fraction of sp³-hybridized carbons (Fsp3) is 0.600. The summed E-state index contributed by atoms with van der Waals surface area (Å²) >= 11 is 0. The van der Waals surface area contributed by atoms with Crippen molar-refractivity contribution in [2.24, 2.45) is 5.92 Å². The number of piperidine rings is 1. The van der Waals surface area contributed by atoms with E-state index in [9.17, 15) is 4.79 Å². The van der Waals surface area contributed by atoms with Crippen LogP contribution >= 0.6 is 0 Å². The number of fused-ring (bicyclic) bond motifs is 1. The molecule has 1 unspecified atom stereocenters. The lowest BCUT2D eigenvalue weighted by Crippen LogP contribution is -2.46. The molecule has 0 spiro atoms. The predicted octanol–water partition coefficient (Wildman–Crippen LogP) is 2.63. The summed E-state index contributed by atoms with van der Waals surface area (Å²) in [6, 6.07) is 8.48. The molecule has 2 aliphatic heterocycles. The van der Waals surface area contributed by atoms with Gasteiger partial charge in [0.15, 0.2) is 0 Å². The molecule has 26 heavy (non-hydrogen) atoms. The van der Waals surface area contributed by atoms with Crippen molar-refractivity contribution in [1.82, 2.24) is 20.2 Å². The van der Waals surface area contributed by atoms with Gasteiger partial charge in [0.1, 0.15) is 5.82 Å². The summed E-state index contributed by atoms with van der Waals surface area (Å²) in [6.07, 6.45) is 4.13. The number of carbonyl (C=O) groups excluding carboxylic acids is 1. The van der Waals surface area contributed by atoms with Crippen molar-refractivity contribution in [1.29, 1.82) is 0 Å². The number of nitrogens with zero attached hydrogens (tertiary/aromatic N) is 2. The summed E-state index contributed by atoms with van der Waals surface area (Å²) < 4.78 is 5.46. The molecule has 2 fully saturated rings. The maximum absolute atomic E-state index is 12.7. The Hall–Kier alpha value is -1.92. The van der Waals surface area contributed by atoms with Gasteiger partial charge in [-0.15, -0.1) is 0 Å². The molecule has 1 aromatic carbocycles. The zero-order valence-electron chi connectivity index (χ0n) is 15.4. The second-order valence-electron chi connectivity index (χ2n) is 7.52. The van der Waals surface area contributed by atoms with Gasteiger partial charge in [-0.1, -0.05) is 12.1 Å². The van der Waals surface area contributed by atoms with E-state index in [0.717, 1.165) is 68.8 Å². The van der Waals surface area contributed by atoms with Crippen LogP contribution in [0.2, 0.25) is 0 Å². The number of nitrogens with one attached hydrogen (secondary N) is 2. The molecule has 1 atom stereocenters. The van der Waals surface area contributed by atoms with Gasteiger partial charge in [0, 0.05) is 25.2 Å². The van der Waals surface area contributed by atoms with Gasteiger partial charge in [0.05, 0.1) is 17.1 Å². The molecule has 0 bridgehead atoms. The number of para-hydroxylation sites is 2. The van der Waals surface area contributed by atoms with Crippen LogP contribution in [-0.4, -0.2) is 53.1 Å². The second kappa shape index (κ2) is 7.76. The third-order valence-corrected chi connectivity index (χ3v) is 5.78. The third-order valence-electron chi connectivity index (χ3n) is 5.78. The average molecular weight is 356 g/mol. The molecule has 0 saturated carbocycles. The molecule has 2 aromatic rings. The van der Waals surface area contributed by atoms with Crippen molar-refractivity contribution in [2.75, 3.05) is 26.3 Å².